The van der Waals surface area contributed by atoms with Crippen LogP contribution in [0.1, 0.15) is 4.88 Å². The number of thiophene rings is 1. The molecule has 0 unspecified atom stereocenters. The molecule has 1 aromatic heterocycles. The smallest absolute Gasteiger partial charge is 0.177 e. The zero-order chi connectivity index (χ0) is 7.40. The number of hydrogen-bond acceptors (Lipinski definition) is 2. The lowest BCUT2D eigenvalue weighted by Gasteiger charge is -1.73. The van der Waals surface area contributed by atoms with Crippen molar-refractivity contribution in [2.45, 2.75) is 0 Å². The van der Waals surface area contributed by atoms with E-state index in [-0.39, 0.29) is 5.13 Å². The van der Waals surface area contributed by atoms with Crippen LogP contribution in [0, 0.1) is 17.0 Å². The van der Waals surface area contributed by atoms with Gasteiger partial charge in [-0.1, -0.05) is 23.2 Å². The van der Waals surface area contributed by atoms with E-state index >= 15 is 0 Å². The minimum absolute atomic E-state index is 0.207. The number of hydrogen-bond donors (Lipinski definition) is 1. The molecule has 2 N–H and O–H groups in total. The molecule has 0 amide bonds. The first-order chi connectivity index (χ1) is 4.83. The molecular formula is C7H6FNS. The number of rotatable bonds is 0. The van der Waals surface area contributed by atoms with Crippen molar-refractivity contribution < 1.29 is 4.39 Å². The van der Waals surface area contributed by atoms with E-state index in [1.165, 1.54) is 6.07 Å². The summed E-state index contributed by atoms with van der Waals surface area (Å²) in [6.07, 6.45) is 0. The SMILES string of the molecule is NCC#Cc1ccc(F)s1. The fraction of sp³-hybridized carbons (Fsp3) is 0.143. The maximum Gasteiger partial charge on any atom is 0.177 e. The van der Waals surface area contributed by atoms with Crippen molar-refractivity contribution in [1.82, 2.24) is 0 Å². The van der Waals surface area contributed by atoms with Gasteiger partial charge >= 0.3 is 0 Å². The Balaban J connectivity index is 2.76. The first kappa shape index (κ1) is 7.26. The van der Waals surface area contributed by atoms with Gasteiger partial charge in [-0.05, 0) is 12.1 Å². The zero-order valence-corrected chi connectivity index (χ0v) is 6.04. The van der Waals surface area contributed by atoms with Gasteiger partial charge < -0.3 is 5.73 Å². The molecular weight excluding hydrogens is 149 g/mol. The molecule has 0 spiro atoms. The second kappa shape index (κ2) is 3.35. The summed E-state index contributed by atoms with van der Waals surface area (Å²) >= 11 is 1.03. The molecule has 0 aliphatic heterocycles. The zero-order valence-electron chi connectivity index (χ0n) is 5.23. The highest BCUT2D eigenvalue weighted by molar-refractivity contribution is 7.10. The van der Waals surface area contributed by atoms with Crippen LogP contribution in [0.5, 0.6) is 0 Å². The molecule has 0 aromatic carbocycles. The molecule has 0 atom stereocenters. The van der Waals surface area contributed by atoms with Crippen LogP contribution >= 0.6 is 11.3 Å². The second-order valence-corrected chi connectivity index (χ2v) is 2.64. The number of nitrogens with two attached hydrogens (primary N) is 1. The summed E-state index contributed by atoms with van der Waals surface area (Å²) in [5.74, 6) is 5.37. The number of halogens is 1. The Morgan fingerprint density at radius 1 is 1.60 bits per heavy atom. The molecule has 0 fully saturated rings. The van der Waals surface area contributed by atoms with Crippen LogP contribution in [0.15, 0.2) is 12.1 Å². The topological polar surface area (TPSA) is 26.0 Å². The molecule has 0 aliphatic rings. The molecule has 0 bridgehead atoms. The third-order valence-electron chi connectivity index (χ3n) is 0.887. The maximum atomic E-state index is 12.3. The van der Waals surface area contributed by atoms with Crippen LogP contribution in [0.4, 0.5) is 4.39 Å². The normalized spacial score (nSPS) is 8.60. The first-order valence-corrected chi connectivity index (χ1v) is 3.59. The minimum atomic E-state index is -0.207. The van der Waals surface area contributed by atoms with Gasteiger partial charge in [0.25, 0.3) is 0 Å². The second-order valence-electron chi connectivity index (χ2n) is 1.61. The molecule has 1 nitrogen and oxygen atoms in total. The molecule has 10 heavy (non-hydrogen) atoms. The molecule has 3 heteroatoms. The van der Waals surface area contributed by atoms with E-state index in [9.17, 15) is 4.39 Å². The summed E-state index contributed by atoms with van der Waals surface area (Å²) in [5, 5.41) is -0.207. The summed E-state index contributed by atoms with van der Waals surface area (Å²) in [6.45, 7) is 0.319. The van der Waals surface area contributed by atoms with Crippen LogP contribution in [0.3, 0.4) is 0 Å². The quantitative estimate of drug-likeness (QED) is 0.560. The summed E-state index contributed by atoms with van der Waals surface area (Å²) in [7, 11) is 0. The molecule has 0 saturated carbocycles. The largest absolute Gasteiger partial charge is 0.320 e. The average Bonchev–Trinajstić information content (AvgIpc) is 2.31. The van der Waals surface area contributed by atoms with Gasteiger partial charge in [0.2, 0.25) is 0 Å². The van der Waals surface area contributed by atoms with Gasteiger partial charge in [0.15, 0.2) is 5.13 Å². The van der Waals surface area contributed by atoms with E-state index < -0.39 is 0 Å². The van der Waals surface area contributed by atoms with Gasteiger partial charge in [0.1, 0.15) is 0 Å². The molecule has 1 aromatic rings. The van der Waals surface area contributed by atoms with Gasteiger partial charge in [-0.2, -0.15) is 4.39 Å². The van der Waals surface area contributed by atoms with Gasteiger partial charge in [0, 0.05) is 0 Å². The van der Waals surface area contributed by atoms with E-state index in [1.807, 2.05) is 0 Å². The van der Waals surface area contributed by atoms with E-state index in [4.69, 9.17) is 5.73 Å². The molecule has 0 aliphatic carbocycles. The highest BCUT2D eigenvalue weighted by Gasteiger charge is 1.92. The Kier molecular flexibility index (Phi) is 2.43. The van der Waals surface area contributed by atoms with E-state index in [2.05, 4.69) is 11.8 Å². The predicted molar refractivity (Wildman–Crippen MR) is 40.2 cm³/mol. The van der Waals surface area contributed by atoms with Crippen molar-refractivity contribution in [3.05, 3.63) is 22.1 Å². The van der Waals surface area contributed by atoms with Crippen molar-refractivity contribution in [2.75, 3.05) is 6.54 Å². The van der Waals surface area contributed by atoms with Gasteiger partial charge in [-0.3, -0.25) is 0 Å². The highest BCUT2D eigenvalue weighted by Crippen LogP contribution is 2.11. The molecule has 1 rings (SSSR count). The maximum absolute atomic E-state index is 12.3. The first-order valence-electron chi connectivity index (χ1n) is 2.77. The molecule has 1 heterocycles. The van der Waals surface area contributed by atoms with Crippen molar-refractivity contribution in [2.24, 2.45) is 5.73 Å². The lowest BCUT2D eigenvalue weighted by molar-refractivity contribution is 0.657. The van der Waals surface area contributed by atoms with E-state index in [1.54, 1.807) is 6.07 Å². The van der Waals surface area contributed by atoms with Crippen LogP contribution in [-0.2, 0) is 0 Å². The lowest BCUT2D eigenvalue weighted by atomic mass is 10.4. The highest BCUT2D eigenvalue weighted by atomic mass is 32.1. The van der Waals surface area contributed by atoms with Crippen LogP contribution in [0.25, 0.3) is 0 Å². The summed E-state index contributed by atoms with van der Waals surface area (Å²) in [4.78, 5) is 0.725. The Morgan fingerprint density at radius 2 is 2.40 bits per heavy atom. The van der Waals surface area contributed by atoms with E-state index in [0.717, 1.165) is 16.2 Å². The van der Waals surface area contributed by atoms with Crippen molar-refractivity contribution >= 4 is 11.3 Å². The Bertz CT molecular complexity index is 269. The van der Waals surface area contributed by atoms with Crippen LogP contribution < -0.4 is 5.73 Å². The third kappa shape index (κ3) is 1.83. The Labute approximate surface area is 62.7 Å². The fourth-order valence-electron chi connectivity index (χ4n) is 0.520. The van der Waals surface area contributed by atoms with E-state index in [0.29, 0.717) is 6.54 Å². The van der Waals surface area contributed by atoms with Gasteiger partial charge in [0.05, 0.1) is 11.4 Å². The minimum Gasteiger partial charge on any atom is -0.320 e. The lowest BCUT2D eigenvalue weighted by Crippen LogP contribution is -1.92. The Hall–Kier alpha value is -0.850. The molecule has 0 radical (unpaired) electrons. The third-order valence-corrected chi connectivity index (χ3v) is 1.68. The van der Waals surface area contributed by atoms with Crippen LogP contribution in [-0.4, -0.2) is 6.54 Å². The monoisotopic (exact) mass is 155 g/mol. The average molecular weight is 155 g/mol. The van der Waals surface area contributed by atoms with Gasteiger partial charge in [-0.25, -0.2) is 0 Å². The van der Waals surface area contributed by atoms with Gasteiger partial charge in [-0.15, -0.1) is 0 Å². The standard InChI is InChI=1S/C7H6FNS/c8-7-4-3-6(10-7)2-1-5-9/h3-4H,5,9H2. The summed E-state index contributed by atoms with van der Waals surface area (Å²) in [6, 6.07) is 3.04. The summed E-state index contributed by atoms with van der Waals surface area (Å²) < 4.78 is 12.3. The molecule has 52 valence electrons. The predicted octanol–water partition coefficient (Wildman–Crippen LogP) is 1.20. The van der Waals surface area contributed by atoms with Crippen molar-refractivity contribution in [1.29, 1.82) is 0 Å². The molecule has 0 saturated heterocycles. The van der Waals surface area contributed by atoms with Crippen LogP contribution in [0.2, 0.25) is 0 Å². The van der Waals surface area contributed by atoms with Crippen molar-refractivity contribution in [3.63, 3.8) is 0 Å². The fourth-order valence-corrected chi connectivity index (χ4v) is 1.13. The van der Waals surface area contributed by atoms with Crippen molar-refractivity contribution in [3.8, 4) is 11.8 Å². The Morgan fingerprint density at radius 3 is 2.90 bits per heavy atom. The summed E-state index contributed by atoms with van der Waals surface area (Å²) in [5.41, 5.74) is 5.12.